The van der Waals surface area contributed by atoms with E-state index in [0.29, 0.717) is 71.3 Å². The smallest absolute Gasteiger partial charge is 0.319 e. The molecule has 0 saturated heterocycles. The number of anilines is 1. The van der Waals surface area contributed by atoms with E-state index in [1.807, 2.05) is 42.1 Å². The zero-order chi connectivity index (χ0) is 38.9. The number of halogens is 1. The highest BCUT2D eigenvalue weighted by atomic mass is 35.5. The molecule has 1 saturated carbocycles. The number of pyridine rings is 1. The molecule has 1 fully saturated rings. The summed E-state index contributed by atoms with van der Waals surface area (Å²) in [5.41, 5.74) is 8.97. The molecule has 1 atom stereocenters. The SMILES string of the molecule is C=N[C@H](Cc1cn(C)c2ccccc12)C(=O)SCC(=O)NCCCCCOc1cc2nccc(Oc3ccc(NC(=O)NC4CC4)c(Cl)c3)c2cc1C(N)=O. The zero-order valence-electron chi connectivity index (χ0n) is 30.3. The van der Waals surface area contributed by atoms with E-state index < -0.39 is 11.9 Å². The Hall–Kier alpha value is -5.60. The van der Waals surface area contributed by atoms with Crippen molar-refractivity contribution in [2.45, 2.75) is 50.6 Å². The molecule has 0 bridgehead atoms. The second kappa shape index (κ2) is 18.2. The lowest BCUT2D eigenvalue weighted by Crippen LogP contribution is -2.30. The number of amides is 4. The van der Waals surface area contributed by atoms with Crippen LogP contribution in [0.2, 0.25) is 5.02 Å². The number of carbonyl (C=O) groups is 4. The molecule has 15 heteroatoms. The van der Waals surface area contributed by atoms with Crippen LogP contribution in [0.4, 0.5) is 10.5 Å². The standard InChI is InChI=1S/C40H42ClN7O6S/c1-43-33(18-24-22-48(2)34-9-5-4-8-27(24)34)39(51)55-23-37(49)45-15-6-3-7-17-53-36-21-32-28(20-29(36)38(42)50)35(14-16-44-32)54-26-12-13-31(30(41)19-26)47-40(52)46-25-10-11-25/h4-5,8-9,12-14,16,19-22,25,33H,1,3,6-7,10-11,15,17-18,23H2,2H3,(H2,42,50)(H,45,49)(H2,46,47,52)/t33-/m1/s1. The number of hydrogen-bond acceptors (Lipinski definition) is 9. The molecular weight excluding hydrogens is 742 g/mol. The van der Waals surface area contributed by atoms with Crippen LogP contribution in [0.1, 0.15) is 48.0 Å². The van der Waals surface area contributed by atoms with Gasteiger partial charge in [0.2, 0.25) is 11.0 Å². The monoisotopic (exact) mass is 783 g/mol. The number of nitrogens with zero attached hydrogens (tertiary/aromatic N) is 3. The minimum atomic E-state index is -0.669. The summed E-state index contributed by atoms with van der Waals surface area (Å²) >= 11 is 7.37. The van der Waals surface area contributed by atoms with Crippen molar-refractivity contribution in [1.29, 1.82) is 0 Å². The Morgan fingerprint density at radius 2 is 1.87 bits per heavy atom. The van der Waals surface area contributed by atoms with Gasteiger partial charge in [0.05, 0.1) is 34.1 Å². The summed E-state index contributed by atoms with van der Waals surface area (Å²) < 4.78 is 14.1. The minimum absolute atomic E-state index is 0.0000540. The van der Waals surface area contributed by atoms with Crippen molar-refractivity contribution in [2.24, 2.45) is 17.8 Å². The van der Waals surface area contributed by atoms with E-state index in [2.05, 4.69) is 32.6 Å². The van der Waals surface area contributed by atoms with Gasteiger partial charge in [0.25, 0.3) is 5.91 Å². The highest BCUT2D eigenvalue weighted by Gasteiger charge is 2.24. The molecule has 1 aliphatic carbocycles. The number of aromatic nitrogens is 2. The molecule has 0 radical (unpaired) electrons. The average molecular weight is 784 g/mol. The summed E-state index contributed by atoms with van der Waals surface area (Å²) in [6.07, 6.45) is 8.04. The number of nitrogens with two attached hydrogens (primary N) is 1. The summed E-state index contributed by atoms with van der Waals surface area (Å²) in [7, 11) is 1.96. The second-order valence-electron chi connectivity index (χ2n) is 13.2. The number of fused-ring (bicyclic) bond motifs is 2. The molecule has 0 aliphatic heterocycles. The molecule has 2 heterocycles. The quantitative estimate of drug-likeness (QED) is 0.0554. The lowest BCUT2D eigenvalue weighted by Gasteiger charge is -2.14. The van der Waals surface area contributed by atoms with Crippen molar-refractivity contribution in [3.05, 3.63) is 89.2 Å². The van der Waals surface area contributed by atoms with Crippen LogP contribution in [0.3, 0.4) is 0 Å². The Bertz CT molecular complexity index is 2240. The molecule has 3 aromatic carbocycles. The van der Waals surface area contributed by atoms with E-state index in [1.165, 1.54) is 0 Å². The molecule has 4 amide bonds. The highest BCUT2D eigenvalue weighted by molar-refractivity contribution is 8.14. The van der Waals surface area contributed by atoms with E-state index in [0.717, 1.165) is 47.5 Å². The Morgan fingerprint density at radius 1 is 1.05 bits per heavy atom. The molecule has 55 heavy (non-hydrogen) atoms. The number of para-hydroxylation sites is 1. The van der Waals surface area contributed by atoms with Gasteiger partial charge in [-0.25, -0.2) is 4.79 Å². The first-order valence-corrected chi connectivity index (χ1v) is 19.3. The van der Waals surface area contributed by atoms with Crippen LogP contribution in [0.15, 0.2) is 78.0 Å². The lowest BCUT2D eigenvalue weighted by molar-refractivity contribution is -0.119. The number of urea groups is 1. The Balaban J connectivity index is 0.938. The van der Waals surface area contributed by atoms with Crippen LogP contribution in [0.25, 0.3) is 21.8 Å². The van der Waals surface area contributed by atoms with Gasteiger partial charge >= 0.3 is 6.03 Å². The predicted octanol–water partition coefficient (Wildman–Crippen LogP) is 6.79. The van der Waals surface area contributed by atoms with Crippen LogP contribution >= 0.6 is 23.4 Å². The summed E-state index contributed by atoms with van der Waals surface area (Å²) in [5, 5.41) is 10.2. The lowest BCUT2D eigenvalue weighted by atomic mass is 10.1. The van der Waals surface area contributed by atoms with Crippen molar-refractivity contribution in [3.8, 4) is 17.2 Å². The number of aliphatic imine (C=N–C) groups is 1. The van der Waals surface area contributed by atoms with Gasteiger partial charge in [-0.05, 0) is 74.7 Å². The number of primary amides is 1. The van der Waals surface area contributed by atoms with E-state index in [1.54, 1.807) is 42.6 Å². The maximum absolute atomic E-state index is 12.9. The Labute approximate surface area is 327 Å². The van der Waals surface area contributed by atoms with Gasteiger partial charge in [0.15, 0.2) is 0 Å². The fourth-order valence-corrected chi connectivity index (χ4v) is 6.97. The van der Waals surface area contributed by atoms with Gasteiger partial charge in [0, 0.05) is 66.9 Å². The number of carbonyl (C=O) groups excluding carboxylic acids is 4. The molecule has 0 unspecified atom stereocenters. The van der Waals surface area contributed by atoms with Gasteiger partial charge in [0.1, 0.15) is 23.3 Å². The van der Waals surface area contributed by atoms with Crippen LogP contribution in [0.5, 0.6) is 17.2 Å². The molecular formula is C40H42ClN7O6S. The maximum atomic E-state index is 12.9. The first-order valence-electron chi connectivity index (χ1n) is 17.9. The fourth-order valence-electron chi connectivity index (χ4n) is 6.03. The molecule has 6 rings (SSSR count). The first kappa shape index (κ1) is 39.1. The van der Waals surface area contributed by atoms with Crippen molar-refractivity contribution in [3.63, 3.8) is 0 Å². The minimum Gasteiger partial charge on any atom is -0.493 e. The van der Waals surface area contributed by atoms with Crippen LogP contribution in [-0.4, -0.2) is 70.2 Å². The number of unbranched alkanes of at least 4 members (excludes halogenated alkanes) is 2. The molecule has 1 aliphatic rings. The summed E-state index contributed by atoms with van der Waals surface area (Å²) in [4.78, 5) is 58.4. The third-order valence-electron chi connectivity index (χ3n) is 9.03. The first-order chi connectivity index (χ1) is 26.6. The van der Waals surface area contributed by atoms with E-state index in [9.17, 15) is 19.2 Å². The number of nitrogens with one attached hydrogen (secondary N) is 3. The third-order valence-corrected chi connectivity index (χ3v) is 10.3. The summed E-state index contributed by atoms with van der Waals surface area (Å²) in [6, 6.07) is 17.0. The van der Waals surface area contributed by atoms with Gasteiger partial charge in [-0.1, -0.05) is 41.6 Å². The molecule has 5 aromatic rings. The predicted molar refractivity (Wildman–Crippen MR) is 217 cm³/mol. The van der Waals surface area contributed by atoms with Crippen molar-refractivity contribution in [2.75, 3.05) is 24.2 Å². The Morgan fingerprint density at radius 3 is 2.64 bits per heavy atom. The van der Waals surface area contributed by atoms with Gasteiger partial charge in [-0.15, -0.1) is 0 Å². The molecule has 13 nitrogen and oxygen atoms in total. The van der Waals surface area contributed by atoms with Crippen molar-refractivity contribution < 1.29 is 28.7 Å². The number of thioether (sulfide) groups is 1. The summed E-state index contributed by atoms with van der Waals surface area (Å²) in [6.45, 7) is 4.37. The van der Waals surface area contributed by atoms with Crippen molar-refractivity contribution >= 4 is 80.5 Å². The number of benzene rings is 3. The molecule has 5 N–H and O–H groups in total. The average Bonchev–Trinajstić information content (AvgIpc) is 3.93. The highest BCUT2D eigenvalue weighted by Crippen LogP contribution is 2.35. The molecule has 286 valence electrons. The van der Waals surface area contributed by atoms with Crippen molar-refractivity contribution in [1.82, 2.24) is 20.2 Å². The van der Waals surface area contributed by atoms with Gasteiger partial charge in [-0.2, -0.15) is 0 Å². The zero-order valence-corrected chi connectivity index (χ0v) is 31.9. The van der Waals surface area contributed by atoms with E-state index in [-0.39, 0.29) is 34.4 Å². The van der Waals surface area contributed by atoms with Crippen LogP contribution < -0.4 is 31.2 Å². The summed E-state index contributed by atoms with van der Waals surface area (Å²) in [5.74, 6) is 0.241. The number of ether oxygens (including phenoxy) is 2. The second-order valence-corrected chi connectivity index (χ2v) is 14.6. The van der Waals surface area contributed by atoms with Gasteiger partial charge in [-0.3, -0.25) is 24.4 Å². The number of hydrogen-bond donors (Lipinski definition) is 4. The fraction of sp³-hybridized carbons (Fsp3) is 0.300. The molecule has 2 aromatic heterocycles. The Kier molecular flexibility index (Phi) is 12.9. The number of aryl methyl sites for hydroxylation is 1. The molecule has 0 spiro atoms. The van der Waals surface area contributed by atoms with E-state index in [4.69, 9.17) is 26.8 Å². The van der Waals surface area contributed by atoms with Crippen LogP contribution in [0, 0.1) is 0 Å². The number of rotatable bonds is 18. The topological polar surface area (TPSA) is 179 Å². The van der Waals surface area contributed by atoms with Gasteiger partial charge < -0.3 is 35.7 Å². The van der Waals surface area contributed by atoms with E-state index >= 15 is 0 Å². The maximum Gasteiger partial charge on any atom is 0.319 e. The normalized spacial score (nSPS) is 12.9. The largest absolute Gasteiger partial charge is 0.493 e. The third kappa shape index (κ3) is 10.3. The van der Waals surface area contributed by atoms with Crippen LogP contribution in [-0.2, 0) is 23.1 Å².